The summed E-state index contributed by atoms with van der Waals surface area (Å²) in [4.78, 5) is 18.8. The van der Waals surface area contributed by atoms with Gasteiger partial charge in [-0.15, -0.1) is 11.3 Å². The third-order valence-electron chi connectivity index (χ3n) is 5.56. The predicted molar refractivity (Wildman–Crippen MR) is 106 cm³/mol. The fourth-order valence-corrected chi connectivity index (χ4v) is 4.98. The van der Waals surface area contributed by atoms with Crippen molar-refractivity contribution in [2.75, 3.05) is 33.9 Å². The Bertz CT molecular complexity index is 797. The lowest BCUT2D eigenvalue weighted by molar-refractivity contribution is -0.136. The van der Waals surface area contributed by atoms with Gasteiger partial charge >= 0.3 is 0 Å². The highest BCUT2D eigenvalue weighted by Gasteiger charge is 2.33. The molecular weight excluding hydrogens is 360 g/mol. The first-order valence-electron chi connectivity index (χ1n) is 9.44. The van der Waals surface area contributed by atoms with Gasteiger partial charge in [-0.05, 0) is 54.1 Å². The second kappa shape index (κ2) is 7.90. The number of hydrogen-bond donors (Lipinski definition) is 0. The quantitative estimate of drug-likeness (QED) is 0.792. The maximum atomic E-state index is 13.0. The van der Waals surface area contributed by atoms with Crippen LogP contribution in [0.5, 0.6) is 11.5 Å². The molecule has 0 spiro atoms. The number of carbonyl (C=O) groups excluding carboxylic acids is 1. The number of amides is 1. The molecule has 3 heterocycles. The smallest absolute Gasteiger partial charge is 0.227 e. The maximum absolute atomic E-state index is 13.0. The monoisotopic (exact) mass is 386 g/mol. The normalized spacial score (nSPS) is 19.8. The van der Waals surface area contributed by atoms with Gasteiger partial charge in [-0.25, -0.2) is 0 Å². The lowest BCUT2D eigenvalue weighted by atomic mass is 10.0. The van der Waals surface area contributed by atoms with E-state index < -0.39 is 0 Å². The summed E-state index contributed by atoms with van der Waals surface area (Å²) in [6.07, 6.45) is 1.94. The van der Waals surface area contributed by atoms with Crippen LogP contribution >= 0.6 is 11.3 Å². The van der Waals surface area contributed by atoms with Crippen molar-refractivity contribution in [2.45, 2.75) is 25.9 Å². The Morgan fingerprint density at radius 2 is 1.96 bits per heavy atom. The van der Waals surface area contributed by atoms with Crippen LogP contribution in [-0.4, -0.2) is 49.6 Å². The molecule has 2 aliphatic heterocycles. The number of benzene rings is 1. The molecule has 2 aromatic rings. The van der Waals surface area contributed by atoms with E-state index in [0.717, 1.165) is 62.6 Å². The van der Waals surface area contributed by atoms with Gasteiger partial charge in [-0.3, -0.25) is 9.69 Å². The molecule has 0 bridgehead atoms. The molecule has 1 aromatic carbocycles. The van der Waals surface area contributed by atoms with Crippen LogP contribution in [0.3, 0.4) is 0 Å². The molecule has 1 amide bonds. The molecule has 1 saturated heterocycles. The zero-order valence-corrected chi connectivity index (χ0v) is 16.8. The molecule has 0 saturated carbocycles. The van der Waals surface area contributed by atoms with Crippen LogP contribution in [0.4, 0.5) is 0 Å². The van der Waals surface area contributed by atoms with E-state index in [1.807, 2.05) is 29.5 Å². The molecule has 0 N–H and O–H groups in total. The Morgan fingerprint density at radius 3 is 2.70 bits per heavy atom. The lowest BCUT2D eigenvalue weighted by Crippen LogP contribution is -2.40. The Balaban J connectivity index is 1.37. The van der Waals surface area contributed by atoms with Gasteiger partial charge in [-0.1, -0.05) is 0 Å². The molecule has 4 rings (SSSR count). The van der Waals surface area contributed by atoms with Crippen LogP contribution in [0.2, 0.25) is 0 Å². The van der Waals surface area contributed by atoms with Crippen molar-refractivity contribution in [1.29, 1.82) is 0 Å². The van der Waals surface area contributed by atoms with Gasteiger partial charge < -0.3 is 14.4 Å². The van der Waals surface area contributed by atoms with E-state index >= 15 is 0 Å². The van der Waals surface area contributed by atoms with Crippen molar-refractivity contribution in [3.05, 3.63) is 45.6 Å². The standard InChI is InChI=1S/C21H26N2O3S/c1-25-18-9-15(10-19(11-18)26-2)12-22-6-3-17(13-22)21(24)23-7-4-20-16(14-23)5-8-27-20/h5,8-11,17H,3-4,6-7,12-14H2,1-2H3. The average molecular weight is 387 g/mol. The molecule has 1 aromatic heterocycles. The number of ether oxygens (including phenoxy) is 2. The number of fused-ring (bicyclic) bond motifs is 1. The molecule has 144 valence electrons. The highest BCUT2D eigenvalue weighted by Crippen LogP contribution is 2.29. The van der Waals surface area contributed by atoms with Crippen molar-refractivity contribution < 1.29 is 14.3 Å². The van der Waals surface area contributed by atoms with E-state index in [4.69, 9.17) is 9.47 Å². The van der Waals surface area contributed by atoms with Crippen LogP contribution in [0.1, 0.15) is 22.4 Å². The molecule has 2 aliphatic rings. The summed E-state index contributed by atoms with van der Waals surface area (Å²) in [5.41, 5.74) is 2.48. The molecule has 27 heavy (non-hydrogen) atoms. The number of methoxy groups -OCH3 is 2. The van der Waals surface area contributed by atoms with E-state index in [-0.39, 0.29) is 5.92 Å². The number of likely N-dealkylation sites (tertiary alicyclic amines) is 1. The Morgan fingerprint density at radius 1 is 1.19 bits per heavy atom. The predicted octanol–water partition coefficient (Wildman–Crippen LogP) is 3.17. The topological polar surface area (TPSA) is 42.0 Å². The Kier molecular flexibility index (Phi) is 5.36. The largest absolute Gasteiger partial charge is 0.497 e. The van der Waals surface area contributed by atoms with Gasteiger partial charge in [0.1, 0.15) is 11.5 Å². The fraction of sp³-hybridized carbons (Fsp3) is 0.476. The SMILES string of the molecule is COc1cc(CN2CCC(C(=O)N3CCc4sccc4C3)C2)cc(OC)c1. The molecule has 0 radical (unpaired) electrons. The van der Waals surface area contributed by atoms with E-state index in [9.17, 15) is 4.79 Å². The van der Waals surface area contributed by atoms with Crippen LogP contribution in [-0.2, 0) is 24.3 Å². The summed E-state index contributed by atoms with van der Waals surface area (Å²) in [6, 6.07) is 8.13. The second-order valence-corrected chi connectivity index (χ2v) is 8.32. The van der Waals surface area contributed by atoms with Gasteiger partial charge in [0.2, 0.25) is 5.91 Å². The molecular formula is C21H26N2O3S. The zero-order valence-electron chi connectivity index (χ0n) is 15.9. The summed E-state index contributed by atoms with van der Waals surface area (Å²) in [5, 5.41) is 2.14. The molecule has 6 heteroatoms. The van der Waals surface area contributed by atoms with E-state index in [2.05, 4.69) is 21.2 Å². The molecule has 0 aliphatic carbocycles. The number of carbonyl (C=O) groups is 1. The average Bonchev–Trinajstić information content (AvgIpc) is 3.35. The fourth-order valence-electron chi connectivity index (χ4n) is 4.09. The van der Waals surface area contributed by atoms with Crippen LogP contribution in [0, 0.1) is 5.92 Å². The van der Waals surface area contributed by atoms with Gasteiger partial charge in [0, 0.05) is 37.1 Å². The third-order valence-corrected chi connectivity index (χ3v) is 6.58. The van der Waals surface area contributed by atoms with Crippen molar-refractivity contribution in [3.63, 3.8) is 0 Å². The number of rotatable bonds is 5. The van der Waals surface area contributed by atoms with Crippen molar-refractivity contribution >= 4 is 17.2 Å². The minimum absolute atomic E-state index is 0.109. The molecule has 1 fully saturated rings. The first-order valence-corrected chi connectivity index (χ1v) is 10.3. The highest BCUT2D eigenvalue weighted by molar-refractivity contribution is 7.10. The van der Waals surface area contributed by atoms with Crippen molar-refractivity contribution in [3.8, 4) is 11.5 Å². The van der Waals surface area contributed by atoms with Crippen molar-refractivity contribution in [2.24, 2.45) is 5.92 Å². The summed E-state index contributed by atoms with van der Waals surface area (Å²) in [7, 11) is 3.33. The maximum Gasteiger partial charge on any atom is 0.227 e. The van der Waals surface area contributed by atoms with Crippen LogP contribution in [0.15, 0.2) is 29.6 Å². The summed E-state index contributed by atoms with van der Waals surface area (Å²) in [6.45, 7) is 4.22. The van der Waals surface area contributed by atoms with Gasteiger partial charge in [-0.2, -0.15) is 0 Å². The zero-order chi connectivity index (χ0) is 18.8. The van der Waals surface area contributed by atoms with Crippen LogP contribution in [0.25, 0.3) is 0 Å². The van der Waals surface area contributed by atoms with Gasteiger partial charge in [0.05, 0.1) is 20.1 Å². The van der Waals surface area contributed by atoms with Crippen LogP contribution < -0.4 is 9.47 Å². The summed E-state index contributed by atoms with van der Waals surface area (Å²) in [5.74, 6) is 2.03. The minimum Gasteiger partial charge on any atom is -0.497 e. The van der Waals surface area contributed by atoms with Crippen molar-refractivity contribution in [1.82, 2.24) is 9.80 Å². The first kappa shape index (κ1) is 18.3. The lowest BCUT2D eigenvalue weighted by Gasteiger charge is -2.29. The Labute approximate surface area is 164 Å². The molecule has 1 atom stereocenters. The number of nitrogens with zero attached hydrogens (tertiary/aromatic N) is 2. The summed E-state index contributed by atoms with van der Waals surface area (Å²) >= 11 is 1.81. The van der Waals surface area contributed by atoms with E-state index in [1.165, 1.54) is 10.4 Å². The highest BCUT2D eigenvalue weighted by atomic mass is 32.1. The minimum atomic E-state index is 0.109. The Hall–Kier alpha value is -2.05. The summed E-state index contributed by atoms with van der Waals surface area (Å²) < 4.78 is 10.7. The first-order chi connectivity index (χ1) is 13.2. The second-order valence-electron chi connectivity index (χ2n) is 7.32. The third kappa shape index (κ3) is 3.96. The van der Waals surface area contributed by atoms with Gasteiger partial charge in [0.15, 0.2) is 0 Å². The van der Waals surface area contributed by atoms with E-state index in [0.29, 0.717) is 5.91 Å². The van der Waals surface area contributed by atoms with E-state index in [1.54, 1.807) is 14.2 Å². The molecule has 5 nitrogen and oxygen atoms in total. The van der Waals surface area contributed by atoms with Gasteiger partial charge in [0.25, 0.3) is 0 Å². The number of thiophene rings is 1. The number of hydrogen-bond acceptors (Lipinski definition) is 5. The molecule has 1 unspecified atom stereocenters.